The van der Waals surface area contributed by atoms with E-state index in [9.17, 15) is 22.9 Å². The smallest absolute Gasteiger partial charge is 0.295 e. The van der Waals surface area contributed by atoms with Gasteiger partial charge in [-0.1, -0.05) is 35.9 Å². The monoisotopic (exact) mass is 475 g/mol. The molecule has 0 aliphatic heterocycles. The molecule has 172 valence electrons. The van der Waals surface area contributed by atoms with Gasteiger partial charge in [0.1, 0.15) is 10.6 Å². The molecule has 34 heavy (non-hydrogen) atoms. The van der Waals surface area contributed by atoms with Gasteiger partial charge < -0.3 is 10.4 Å². The topological polar surface area (TPSA) is 128 Å². The molecule has 0 spiro atoms. The zero-order valence-electron chi connectivity index (χ0n) is 18.4. The highest BCUT2D eigenvalue weighted by Crippen LogP contribution is 2.44. The van der Waals surface area contributed by atoms with Gasteiger partial charge in [-0.2, -0.15) is 13.5 Å². The Kier molecular flexibility index (Phi) is 6.14. The summed E-state index contributed by atoms with van der Waals surface area (Å²) in [6, 6.07) is 19.7. The Morgan fingerprint density at radius 3 is 2.24 bits per heavy atom. The number of amides is 1. The number of phenols is 1. The average molecular weight is 476 g/mol. The molecular weight excluding hydrogens is 454 g/mol. The van der Waals surface area contributed by atoms with E-state index in [1.807, 2.05) is 19.1 Å². The molecule has 1 amide bonds. The lowest BCUT2D eigenvalue weighted by atomic mass is 10.0. The summed E-state index contributed by atoms with van der Waals surface area (Å²) in [5, 5.41) is 22.2. The molecule has 3 N–H and O–H groups in total. The Balaban J connectivity index is 1.89. The number of benzene rings is 4. The number of rotatable bonds is 5. The van der Waals surface area contributed by atoms with E-state index >= 15 is 0 Å². The van der Waals surface area contributed by atoms with Crippen LogP contribution < -0.4 is 5.32 Å². The Hall–Kier alpha value is -4.08. The molecule has 4 aromatic carbocycles. The van der Waals surface area contributed by atoms with Gasteiger partial charge in [-0.3, -0.25) is 9.35 Å². The Bertz CT molecular complexity index is 1530. The third kappa shape index (κ3) is 4.66. The summed E-state index contributed by atoms with van der Waals surface area (Å²) < 4.78 is 33.7. The van der Waals surface area contributed by atoms with Crippen molar-refractivity contribution in [2.75, 3.05) is 5.32 Å². The summed E-state index contributed by atoms with van der Waals surface area (Å²) in [5.74, 6) is -0.830. The third-order valence-electron chi connectivity index (χ3n) is 5.26. The fourth-order valence-electron chi connectivity index (χ4n) is 3.55. The minimum absolute atomic E-state index is 0.0165. The summed E-state index contributed by atoms with van der Waals surface area (Å²) in [5.41, 5.74) is 2.68. The Morgan fingerprint density at radius 1 is 0.912 bits per heavy atom. The number of nitrogens with one attached hydrogen (secondary N) is 1. The van der Waals surface area contributed by atoms with Crippen LogP contribution in [0.5, 0.6) is 5.75 Å². The van der Waals surface area contributed by atoms with E-state index < -0.39 is 20.9 Å². The predicted molar refractivity (Wildman–Crippen MR) is 130 cm³/mol. The normalized spacial score (nSPS) is 11.7. The van der Waals surface area contributed by atoms with Gasteiger partial charge in [0, 0.05) is 10.9 Å². The van der Waals surface area contributed by atoms with E-state index in [1.165, 1.54) is 18.2 Å². The predicted octanol–water partition coefficient (Wildman–Crippen LogP) is 6.08. The maximum Gasteiger partial charge on any atom is 0.295 e. The van der Waals surface area contributed by atoms with Crippen LogP contribution in [0.4, 0.5) is 17.1 Å². The average Bonchev–Trinajstić information content (AvgIpc) is 2.79. The molecule has 0 saturated heterocycles. The molecular formula is C25H21N3O5S. The van der Waals surface area contributed by atoms with Gasteiger partial charge >= 0.3 is 0 Å². The van der Waals surface area contributed by atoms with Crippen LogP contribution in [-0.2, 0) is 10.1 Å². The second-order valence-electron chi connectivity index (χ2n) is 7.76. The molecule has 0 radical (unpaired) electrons. The van der Waals surface area contributed by atoms with Crippen molar-refractivity contribution in [3.8, 4) is 5.75 Å². The highest BCUT2D eigenvalue weighted by atomic mass is 32.2. The number of hydrogen-bond donors (Lipinski definition) is 3. The minimum atomic E-state index is -4.61. The standard InChI is InChI=1S/C25H21N3O5S/c1-15-8-10-18(11-9-15)27-28-23-16(2)14-19-21(34(31,32)33)13-12-20(22(19)24(23)29)26-25(30)17-6-4-3-5-7-17/h3-14,29H,1-2H3,(H,26,30)(H,31,32,33). The molecule has 4 rings (SSSR count). The van der Waals surface area contributed by atoms with Crippen molar-refractivity contribution >= 4 is 43.9 Å². The van der Waals surface area contributed by atoms with Crippen LogP contribution in [0, 0.1) is 13.8 Å². The second-order valence-corrected chi connectivity index (χ2v) is 9.15. The largest absolute Gasteiger partial charge is 0.505 e. The number of nitrogens with zero attached hydrogens (tertiary/aromatic N) is 2. The van der Waals surface area contributed by atoms with Crippen molar-refractivity contribution in [2.24, 2.45) is 10.2 Å². The number of anilines is 1. The Labute approximate surface area is 196 Å². The first-order valence-electron chi connectivity index (χ1n) is 10.3. The molecule has 0 atom stereocenters. The number of aromatic hydroxyl groups is 1. The van der Waals surface area contributed by atoms with Crippen LogP contribution in [0.3, 0.4) is 0 Å². The molecule has 0 aliphatic carbocycles. The molecule has 8 nitrogen and oxygen atoms in total. The SMILES string of the molecule is Cc1ccc(N=Nc2c(C)cc3c(S(=O)(=O)O)ccc(NC(=O)c4ccccc4)c3c2O)cc1. The van der Waals surface area contributed by atoms with Crippen molar-refractivity contribution in [3.05, 3.63) is 89.5 Å². The number of aryl methyl sites for hydroxylation is 2. The van der Waals surface area contributed by atoms with Crippen LogP contribution in [0.1, 0.15) is 21.5 Å². The lowest BCUT2D eigenvalue weighted by molar-refractivity contribution is 0.102. The number of carbonyl (C=O) groups is 1. The van der Waals surface area contributed by atoms with E-state index in [-0.39, 0.29) is 27.9 Å². The third-order valence-corrected chi connectivity index (χ3v) is 6.17. The molecule has 0 aromatic heterocycles. The second kappa shape index (κ2) is 9.05. The first kappa shape index (κ1) is 23.1. The van der Waals surface area contributed by atoms with Gasteiger partial charge in [-0.15, -0.1) is 5.11 Å². The molecule has 4 aromatic rings. The van der Waals surface area contributed by atoms with Crippen molar-refractivity contribution in [3.63, 3.8) is 0 Å². The number of fused-ring (bicyclic) bond motifs is 1. The molecule has 9 heteroatoms. The highest BCUT2D eigenvalue weighted by molar-refractivity contribution is 7.86. The van der Waals surface area contributed by atoms with Gasteiger partial charge in [0.05, 0.1) is 16.8 Å². The number of azo groups is 1. The maximum atomic E-state index is 12.7. The van der Waals surface area contributed by atoms with Crippen LogP contribution in [-0.4, -0.2) is 24.0 Å². The van der Waals surface area contributed by atoms with Crippen molar-refractivity contribution in [1.82, 2.24) is 0 Å². The van der Waals surface area contributed by atoms with Crippen molar-refractivity contribution in [2.45, 2.75) is 18.7 Å². The first-order valence-corrected chi connectivity index (χ1v) is 11.7. The molecule has 0 aliphatic rings. The fourth-order valence-corrected chi connectivity index (χ4v) is 4.23. The van der Waals surface area contributed by atoms with Gasteiger partial charge in [0.25, 0.3) is 16.0 Å². The zero-order valence-corrected chi connectivity index (χ0v) is 19.2. The van der Waals surface area contributed by atoms with Crippen LogP contribution in [0.25, 0.3) is 10.8 Å². The van der Waals surface area contributed by atoms with Crippen molar-refractivity contribution in [1.29, 1.82) is 0 Å². The zero-order chi connectivity index (χ0) is 24.5. The van der Waals surface area contributed by atoms with Crippen LogP contribution in [0.2, 0.25) is 0 Å². The van der Waals surface area contributed by atoms with E-state index in [2.05, 4.69) is 15.5 Å². The quantitative estimate of drug-likeness (QED) is 0.238. The van der Waals surface area contributed by atoms with E-state index in [1.54, 1.807) is 49.4 Å². The van der Waals surface area contributed by atoms with Gasteiger partial charge in [0.15, 0.2) is 5.75 Å². The molecule has 0 unspecified atom stereocenters. The van der Waals surface area contributed by atoms with E-state index in [0.717, 1.165) is 5.56 Å². The lowest BCUT2D eigenvalue weighted by Gasteiger charge is -2.15. The first-order chi connectivity index (χ1) is 16.1. The van der Waals surface area contributed by atoms with Gasteiger partial charge in [-0.25, -0.2) is 0 Å². The lowest BCUT2D eigenvalue weighted by Crippen LogP contribution is -2.12. The van der Waals surface area contributed by atoms with Crippen LogP contribution >= 0.6 is 0 Å². The highest BCUT2D eigenvalue weighted by Gasteiger charge is 2.22. The minimum Gasteiger partial charge on any atom is -0.505 e. The Morgan fingerprint density at radius 2 is 1.59 bits per heavy atom. The molecule has 0 fully saturated rings. The summed E-state index contributed by atoms with van der Waals surface area (Å²) in [4.78, 5) is 12.3. The molecule has 0 heterocycles. The summed E-state index contributed by atoms with van der Waals surface area (Å²) in [6.45, 7) is 3.57. The van der Waals surface area contributed by atoms with E-state index in [0.29, 0.717) is 16.8 Å². The summed E-state index contributed by atoms with van der Waals surface area (Å²) in [7, 11) is -4.61. The van der Waals surface area contributed by atoms with Gasteiger partial charge in [-0.05, 0) is 61.9 Å². The molecule has 0 saturated carbocycles. The molecule has 0 bridgehead atoms. The number of hydrogen-bond acceptors (Lipinski definition) is 6. The number of carbonyl (C=O) groups excluding carboxylic acids is 1. The van der Waals surface area contributed by atoms with Gasteiger partial charge in [0.2, 0.25) is 0 Å². The number of phenolic OH excluding ortho intramolecular Hbond substituents is 1. The van der Waals surface area contributed by atoms with E-state index in [4.69, 9.17) is 0 Å². The maximum absolute atomic E-state index is 12.7. The van der Waals surface area contributed by atoms with Crippen LogP contribution in [0.15, 0.2) is 87.9 Å². The summed E-state index contributed by atoms with van der Waals surface area (Å²) in [6.07, 6.45) is 0. The van der Waals surface area contributed by atoms with Crippen molar-refractivity contribution < 1.29 is 22.9 Å². The summed E-state index contributed by atoms with van der Waals surface area (Å²) >= 11 is 0. The fraction of sp³-hybridized carbons (Fsp3) is 0.0800.